The molecule has 2 aliphatic rings. The fraction of sp³-hybridized carbons (Fsp3) is 0.667. The van der Waals surface area contributed by atoms with Crippen molar-refractivity contribution in [3.8, 4) is 0 Å². The summed E-state index contributed by atoms with van der Waals surface area (Å²) < 4.78 is 10.7. The molecule has 7 nitrogen and oxygen atoms in total. The fourth-order valence-electron chi connectivity index (χ4n) is 3.50. The highest BCUT2D eigenvalue weighted by atomic mass is 16.6. The molecule has 2 heterocycles. The number of hydrogen-bond acceptors (Lipinski definition) is 4. The topological polar surface area (TPSA) is 83.8 Å². The third-order valence-corrected chi connectivity index (χ3v) is 4.78. The molecule has 3 amide bonds. The van der Waals surface area contributed by atoms with E-state index in [1.165, 1.54) is 0 Å². The van der Waals surface area contributed by atoms with E-state index in [-0.39, 0.29) is 30.3 Å². The van der Waals surface area contributed by atoms with E-state index in [1.54, 1.807) is 11.2 Å². The minimum absolute atomic E-state index is 0.0172. The summed E-state index contributed by atoms with van der Waals surface area (Å²) in [6.45, 7) is 4.89. The standard InChI is InChI=1S/C18H27N3O4/c1-12(2)25-18(23)21-9-6-13(7-10-21)19-17(22)20-15-4-3-5-16-14(15)8-11-24-16/h8,11-13,15H,3-7,9-10H2,1-2H3,(H2,19,20,22). The first-order valence-electron chi connectivity index (χ1n) is 9.11. The van der Waals surface area contributed by atoms with E-state index in [2.05, 4.69) is 10.6 Å². The Kier molecular flexibility index (Phi) is 5.50. The number of ether oxygens (including phenoxy) is 1. The first kappa shape index (κ1) is 17.6. The van der Waals surface area contributed by atoms with Crippen molar-refractivity contribution < 1.29 is 18.7 Å². The van der Waals surface area contributed by atoms with Crippen molar-refractivity contribution >= 4 is 12.1 Å². The zero-order valence-corrected chi connectivity index (χ0v) is 14.9. The summed E-state index contributed by atoms with van der Waals surface area (Å²) in [6.07, 6.45) is 5.66. The minimum Gasteiger partial charge on any atom is -0.469 e. The highest BCUT2D eigenvalue weighted by Crippen LogP contribution is 2.30. The van der Waals surface area contributed by atoms with Gasteiger partial charge in [0.1, 0.15) is 5.76 Å². The van der Waals surface area contributed by atoms with Crippen LogP contribution in [0.15, 0.2) is 16.7 Å². The molecule has 1 atom stereocenters. The second-order valence-corrected chi connectivity index (χ2v) is 7.06. The van der Waals surface area contributed by atoms with Crippen molar-refractivity contribution in [3.63, 3.8) is 0 Å². The molecule has 138 valence electrons. The van der Waals surface area contributed by atoms with Crippen molar-refractivity contribution in [2.75, 3.05) is 13.1 Å². The van der Waals surface area contributed by atoms with Gasteiger partial charge in [-0.05, 0) is 45.6 Å². The number of rotatable bonds is 3. The largest absolute Gasteiger partial charge is 0.469 e. The van der Waals surface area contributed by atoms with Gasteiger partial charge in [0.15, 0.2) is 0 Å². The number of carbonyl (C=O) groups is 2. The van der Waals surface area contributed by atoms with Crippen LogP contribution in [0.1, 0.15) is 56.9 Å². The molecule has 1 saturated heterocycles. The van der Waals surface area contributed by atoms with E-state index in [0.717, 1.165) is 43.4 Å². The lowest BCUT2D eigenvalue weighted by Crippen LogP contribution is -2.50. The Bertz CT molecular complexity index is 605. The average molecular weight is 349 g/mol. The Morgan fingerprint density at radius 1 is 1.24 bits per heavy atom. The number of fused-ring (bicyclic) bond motifs is 1. The van der Waals surface area contributed by atoms with Crippen LogP contribution in [0.4, 0.5) is 9.59 Å². The molecule has 1 aromatic heterocycles. The number of nitrogens with one attached hydrogen (secondary N) is 2. The second kappa shape index (κ2) is 7.80. The molecule has 1 unspecified atom stereocenters. The molecule has 0 spiro atoms. The number of hydrogen-bond donors (Lipinski definition) is 2. The molecule has 1 fully saturated rings. The smallest absolute Gasteiger partial charge is 0.410 e. The Morgan fingerprint density at radius 3 is 2.72 bits per heavy atom. The van der Waals surface area contributed by atoms with E-state index in [0.29, 0.717) is 13.1 Å². The van der Waals surface area contributed by atoms with Gasteiger partial charge in [-0.15, -0.1) is 0 Å². The third-order valence-electron chi connectivity index (χ3n) is 4.78. The number of likely N-dealkylation sites (tertiary alicyclic amines) is 1. The van der Waals surface area contributed by atoms with Crippen LogP contribution in [-0.4, -0.2) is 42.3 Å². The molecular formula is C18H27N3O4. The van der Waals surface area contributed by atoms with Crippen LogP contribution in [0.25, 0.3) is 0 Å². The summed E-state index contributed by atoms with van der Waals surface area (Å²) in [5, 5.41) is 6.08. The predicted octanol–water partition coefficient (Wildman–Crippen LogP) is 2.97. The number of nitrogens with zero attached hydrogens (tertiary/aromatic N) is 1. The van der Waals surface area contributed by atoms with Gasteiger partial charge in [0.05, 0.1) is 18.4 Å². The summed E-state index contributed by atoms with van der Waals surface area (Å²) in [7, 11) is 0. The number of urea groups is 1. The van der Waals surface area contributed by atoms with Crippen LogP contribution in [-0.2, 0) is 11.2 Å². The van der Waals surface area contributed by atoms with Crippen molar-refractivity contribution in [1.29, 1.82) is 0 Å². The zero-order chi connectivity index (χ0) is 17.8. The normalized spacial score (nSPS) is 20.9. The van der Waals surface area contributed by atoms with Gasteiger partial charge >= 0.3 is 12.1 Å². The summed E-state index contributed by atoms with van der Waals surface area (Å²) in [4.78, 5) is 25.9. The molecule has 0 bridgehead atoms. The highest BCUT2D eigenvalue weighted by Gasteiger charge is 2.27. The number of piperidine rings is 1. The predicted molar refractivity (Wildman–Crippen MR) is 92.3 cm³/mol. The molecule has 1 aliphatic heterocycles. The Morgan fingerprint density at radius 2 is 2.00 bits per heavy atom. The van der Waals surface area contributed by atoms with E-state index >= 15 is 0 Å². The van der Waals surface area contributed by atoms with E-state index in [1.807, 2.05) is 19.9 Å². The lowest BCUT2D eigenvalue weighted by atomic mass is 9.93. The molecule has 0 aromatic carbocycles. The summed E-state index contributed by atoms with van der Waals surface area (Å²) in [6, 6.07) is 1.89. The van der Waals surface area contributed by atoms with Crippen LogP contribution in [0.2, 0.25) is 0 Å². The van der Waals surface area contributed by atoms with Crippen LogP contribution in [0.5, 0.6) is 0 Å². The maximum Gasteiger partial charge on any atom is 0.410 e. The molecule has 3 rings (SSSR count). The Hall–Kier alpha value is -2.18. The van der Waals surface area contributed by atoms with Gasteiger partial charge in [0, 0.05) is 31.1 Å². The maximum atomic E-state index is 12.3. The molecule has 1 aliphatic carbocycles. The van der Waals surface area contributed by atoms with Gasteiger partial charge in [-0.2, -0.15) is 0 Å². The van der Waals surface area contributed by atoms with Gasteiger partial charge in [-0.1, -0.05) is 0 Å². The van der Waals surface area contributed by atoms with Crippen molar-refractivity contribution in [1.82, 2.24) is 15.5 Å². The Balaban J connectivity index is 1.44. The Labute approximate surface area is 148 Å². The van der Waals surface area contributed by atoms with Gasteiger partial charge in [-0.25, -0.2) is 9.59 Å². The summed E-state index contributed by atoms with van der Waals surface area (Å²) in [5.41, 5.74) is 1.09. The summed E-state index contributed by atoms with van der Waals surface area (Å²) >= 11 is 0. The monoisotopic (exact) mass is 349 g/mol. The molecule has 1 aromatic rings. The second-order valence-electron chi connectivity index (χ2n) is 7.06. The summed E-state index contributed by atoms with van der Waals surface area (Å²) in [5.74, 6) is 0.980. The van der Waals surface area contributed by atoms with E-state index in [4.69, 9.17) is 9.15 Å². The van der Waals surface area contributed by atoms with E-state index in [9.17, 15) is 9.59 Å². The number of amides is 3. The number of aryl methyl sites for hydroxylation is 1. The average Bonchev–Trinajstić information content (AvgIpc) is 3.04. The molecule has 0 saturated carbocycles. The van der Waals surface area contributed by atoms with Crippen molar-refractivity contribution in [2.24, 2.45) is 0 Å². The number of carbonyl (C=O) groups excluding carboxylic acids is 2. The zero-order valence-electron chi connectivity index (χ0n) is 14.9. The highest BCUT2D eigenvalue weighted by molar-refractivity contribution is 5.75. The molecule has 2 N–H and O–H groups in total. The minimum atomic E-state index is -0.271. The van der Waals surface area contributed by atoms with Gasteiger partial charge < -0.3 is 24.7 Å². The van der Waals surface area contributed by atoms with Crippen LogP contribution in [0, 0.1) is 0 Å². The SMILES string of the molecule is CC(C)OC(=O)N1CCC(NC(=O)NC2CCCc3occc32)CC1. The van der Waals surface area contributed by atoms with Crippen molar-refractivity contribution in [3.05, 3.63) is 23.7 Å². The van der Waals surface area contributed by atoms with Gasteiger partial charge in [-0.3, -0.25) is 0 Å². The lowest BCUT2D eigenvalue weighted by Gasteiger charge is -2.32. The molecule has 25 heavy (non-hydrogen) atoms. The molecule has 0 radical (unpaired) electrons. The molecule has 7 heteroatoms. The van der Waals surface area contributed by atoms with E-state index < -0.39 is 0 Å². The molecular weight excluding hydrogens is 322 g/mol. The third kappa shape index (κ3) is 4.46. The quantitative estimate of drug-likeness (QED) is 0.879. The first-order valence-corrected chi connectivity index (χ1v) is 9.11. The van der Waals surface area contributed by atoms with Crippen LogP contribution in [0.3, 0.4) is 0 Å². The van der Waals surface area contributed by atoms with Crippen LogP contribution < -0.4 is 10.6 Å². The lowest BCUT2D eigenvalue weighted by molar-refractivity contribution is 0.0683. The first-order chi connectivity index (χ1) is 12.0. The maximum absolute atomic E-state index is 12.3. The van der Waals surface area contributed by atoms with Crippen molar-refractivity contribution in [2.45, 2.75) is 64.1 Å². The van der Waals surface area contributed by atoms with Crippen LogP contribution >= 0.6 is 0 Å². The fourth-order valence-corrected chi connectivity index (χ4v) is 3.50. The number of furan rings is 1. The van der Waals surface area contributed by atoms with Gasteiger partial charge in [0.25, 0.3) is 0 Å². The van der Waals surface area contributed by atoms with Gasteiger partial charge in [0.2, 0.25) is 0 Å².